The Labute approximate surface area is 151 Å². The Balaban J connectivity index is 2.35. The number of carbonyl (C=O) groups is 2. The first-order valence-electron chi connectivity index (χ1n) is 7.18. The first-order chi connectivity index (χ1) is 11.9. The van der Waals surface area contributed by atoms with Gasteiger partial charge in [-0.3, -0.25) is 9.59 Å². The van der Waals surface area contributed by atoms with Crippen LogP contribution in [0.25, 0.3) is 0 Å². The molecule has 0 aromatic heterocycles. The fraction of sp³-hybridized carbons (Fsp3) is 0.176. The van der Waals surface area contributed by atoms with E-state index in [0.29, 0.717) is 10.2 Å². The third kappa shape index (κ3) is 4.33. The molecule has 0 heterocycles. The summed E-state index contributed by atoms with van der Waals surface area (Å²) in [4.78, 5) is 24.7. The van der Waals surface area contributed by atoms with Crippen molar-refractivity contribution in [3.63, 3.8) is 0 Å². The molecule has 132 valence electrons. The Kier molecular flexibility index (Phi) is 6.08. The Morgan fingerprint density at radius 2 is 1.84 bits per heavy atom. The van der Waals surface area contributed by atoms with Crippen molar-refractivity contribution < 1.29 is 23.1 Å². The van der Waals surface area contributed by atoms with Gasteiger partial charge in [-0.25, -0.2) is 8.78 Å². The highest BCUT2D eigenvalue weighted by molar-refractivity contribution is 9.10. The van der Waals surface area contributed by atoms with Crippen molar-refractivity contribution in [3.8, 4) is 5.75 Å². The van der Waals surface area contributed by atoms with Crippen molar-refractivity contribution in [1.29, 1.82) is 0 Å². The molecule has 25 heavy (non-hydrogen) atoms. The summed E-state index contributed by atoms with van der Waals surface area (Å²) in [6, 6.07) is 6.59. The number of halogens is 3. The number of likely N-dealkylation sites (N-methyl/N-ethyl adjacent to an activating group) is 1. The molecule has 0 aliphatic heterocycles. The lowest BCUT2D eigenvalue weighted by atomic mass is 10.0. The second-order valence-corrected chi connectivity index (χ2v) is 5.89. The van der Waals surface area contributed by atoms with Crippen LogP contribution in [-0.4, -0.2) is 26.0 Å². The molecule has 0 saturated carbocycles. The highest BCUT2D eigenvalue weighted by Gasteiger charge is 2.24. The van der Waals surface area contributed by atoms with Crippen molar-refractivity contribution >= 4 is 27.7 Å². The monoisotopic (exact) mass is 412 g/mol. The first kappa shape index (κ1) is 18.9. The van der Waals surface area contributed by atoms with E-state index in [0.717, 1.165) is 12.1 Å². The van der Waals surface area contributed by atoms with Gasteiger partial charge in [0.05, 0.1) is 12.7 Å². The van der Waals surface area contributed by atoms with Crippen LogP contribution in [0.2, 0.25) is 0 Å². The van der Waals surface area contributed by atoms with E-state index in [2.05, 4.69) is 26.6 Å². The third-order valence-electron chi connectivity index (χ3n) is 3.48. The second-order valence-electron chi connectivity index (χ2n) is 5.04. The largest absolute Gasteiger partial charge is 0.497 e. The van der Waals surface area contributed by atoms with Gasteiger partial charge < -0.3 is 15.4 Å². The molecule has 0 saturated heterocycles. The van der Waals surface area contributed by atoms with Gasteiger partial charge in [-0.1, -0.05) is 6.07 Å². The second kappa shape index (κ2) is 8.06. The van der Waals surface area contributed by atoms with E-state index < -0.39 is 29.5 Å². The van der Waals surface area contributed by atoms with E-state index in [4.69, 9.17) is 4.74 Å². The minimum Gasteiger partial charge on any atom is -0.497 e. The number of amides is 2. The van der Waals surface area contributed by atoms with E-state index in [-0.39, 0.29) is 11.1 Å². The molecule has 0 radical (unpaired) electrons. The predicted molar refractivity (Wildman–Crippen MR) is 91.3 cm³/mol. The molecule has 0 fully saturated rings. The number of rotatable bonds is 5. The molecule has 8 heteroatoms. The molecule has 1 unspecified atom stereocenters. The molecule has 2 rings (SSSR count). The molecule has 5 nitrogen and oxygen atoms in total. The van der Waals surface area contributed by atoms with Crippen LogP contribution in [0, 0.1) is 11.6 Å². The highest BCUT2D eigenvalue weighted by atomic mass is 79.9. The lowest BCUT2D eigenvalue weighted by Crippen LogP contribution is -2.39. The van der Waals surface area contributed by atoms with E-state index in [1.165, 1.54) is 26.3 Å². The van der Waals surface area contributed by atoms with Crippen molar-refractivity contribution in [1.82, 2.24) is 10.6 Å². The van der Waals surface area contributed by atoms with Gasteiger partial charge in [0, 0.05) is 11.5 Å². The van der Waals surface area contributed by atoms with Gasteiger partial charge in [-0.05, 0) is 51.8 Å². The van der Waals surface area contributed by atoms with Gasteiger partial charge in [0.1, 0.15) is 11.8 Å². The zero-order valence-electron chi connectivity index (χ0n) is 13.4. The number of ether oxygens (including phenoxy) is 1. The van der Waals surface area contributed by atoms with E-state index in [1.807, 2.05) is 0 Å². The van der Waals surface area contributed by atoms with E-state index in [9.17, 15) is 18.4 Å². The summed E-state index contributed by atoms with van der Waals surface area (Å²) >= 11 is 3.26. The Morgan fingerprint density at radius 1 is 1.12 bits per heavy atom. The summed E-state index contributed by atoms with van der Waals surface area (Å²) in [5, 5.41) is 4.90. The molecule has 2 N–H and O–H groups in total. The lowest BCUT2D eigenvalue weighted by Gasteiger charge is -2.18. The molecule has 2 aromatic rings. The minimum absolute atomic E-state index is 0.116. The maximum atomic E-state index is 13.5. The number of carbonyl (C=O) groups excluding carboxylic acids is 2. The third-order valence-corrected chi connectivity index (χ3v) is 4.17. The van der Waals surface area contributed by atoms with Crippen LogP contribution in [0.5, 0.6) is 5.75 Å². The SMILES string of the molecule is CNC(=O)C(NC(=O)c1cc(OC)ccc1Br)c1ccc(F)c(F)c1. The molecule has 0 aliphatic rings. The van der Waals surface area contributed by atoms with Crippen molar-refractivity contribution in [3.05, 3.63) is 63.6 Å². The van der Waals surface area contributed by atoms with Gasteiger partial charge in [0.25, 0.3) is 5.91 Å². The van der Waals surface area contributed by atoms with Crippen LogP contribution in [0.3, 0.4) is 0 Å². The summed E-state index contributed by atoms with van der Waals surface area (Å²) in [5.74, 6) is -2.84. The number of hydrogen-bond donors (Lipinski definition) is 2. The Morgan fingerprint density at radius 3 is 2.44 bits per heavy atom. The minimum atomic E-state index is -1.19. The van der Waals surface area contributed by atoms with Crippen LogP contribution in [0.1, 0.15) is 22.0 Å². The average Bonchev–Trinajstić information content (AvgIpc) is 2.61. The summed E-state index contributed by atoms with van der Waals surface area (Å²) in [7, 11) is 2.84. The van der Waals surface area contributed by atoms with Gasteiger partial charge >= 0.3 is 0 Å². The van der Waals surface area contributed by atoms with Crippen LogP contribution in [0.4, 0.5) is 8.78 Å². The number of hydrogen-bond acceptors (Lipinski definition) is 3. The summed E-state index contributed by atoms with van der Waals surface area (Å²) in [6.07, 6.45) is 0. The zero-order chi connectivity index (χ0) is 18.6. The average molecular weight is 413 g/mol. The van der Waals surface area contributed by atoms with Gasteiger partial charge in [0.15, 0.2) is 11.6 Å². The quantitative estimate of drug-likeness (QED) is 0.793. The predicted octanol–water partition coefficient (Wildman–Crippen LogP) is 2.95. The molecule has 1 atom stereocenters. The maximum Gasteiger partial charge on any atom is 0.253 e. The molecule has 2 aromatic carbocycles. The van der Waals surface area contributed by atoms with Crippen LogP contribution in [-0.2, 0) is 4.79 Å². The molecule has 0 aliphatic carbocycles. The number of benzene rings is 2. The smallest absolute Gasteiger partial charge is 0.253 e. The molecule has 0 spiro atoms. The Hall–Kier alpha value is -2.48. The van der Waals surface area contributed by atoms with E-state index in [1.54, 1.807) is 12.1 Å². The van der Waals surface area contributed by atoms with Gasteiger partial charge in [0.2, 0.25) is 5.91 Å². The summed E-state index contributed by atoms with van der Waals surface area (Å²) < 4.78 is 32.2. The standard InChI is InChI=1S/C17H15BrF2N2O3/c1-21-17(24)15(9-3-6-13(19)14(20)7-9)22-16(23)11-8-10(25-2)4-5-12(11)18/h3-8,15H,1-2H3,(H,21,24)(H,22,23). The first-order valence-corrected chi connectivity index (χ1v) is 7.97. The zero-order valence-corrected chi connectivity index (χ0v) is 15.0. The molecule has 2 amide bonds. The highest BCUT2D eigenvalue weighted by Crippen LogP contribution is 2.24. The van der Waals surface area contributed by atoms with Crippen molar-refractivity contribution in [2.45, 2.75) is 6.04 Å². The summed E-state index contributed by atoms with van der Waals surface area (Å²) in [6.45, 7) is 0. The van der Waals surface area contributed by atoms with E-state index >= 15 is 0 Å². The summed E-state index contributed by atoms with van der Waals surface area (Å²) in [5.41, 5.74) is 0.349. The Bertz CT molecular complexity index is 814. The van der Waals surface area contributed by atoms with Crippen LogP contribution < -0.4 is 15.4 Å². The van der Waals surface area contributed by atoms with Gasteiger partial charge in [-0.15, -0.1) is 0 Å². The fourth-order valence-electron chi connectivity index (χ4n) is 2.15. The maximum absolute atomic E-state index is 13.5. The van der Waals surface area contributed by atoms with Gasteiger partial charge in [-0.2, -0.15) is 0 Å². The van der Waals surface area contributed by atoms with Crippen molar-refractivity contribution in [2.24, 2.45) is 0 Å². The topological polar surface area (TPSA) is 67.4 Å². The van der Waals surface area contributed by atoms with Crippen molar-refractivity contribution in [2.75, 3.05) is 14.2 Å². The fourth-order valence-corrected chi connectivity index (χ4v) is 2.58. The molecular formula is C17H15BrF2N2O3. The van der Waals surface area contributed by atoms with Crippen LogP contribution in [0.15, 0.2) is 40.9 Å². The molecular weight excluding hydrogens is 398 g/mol. The number of methoxy groups -OCH3 is 1. The van der Waals surface area contributed by atoms with Crippen LogP contribution >= 0.6 is 15.9 Å². The number of nitrogens with one attached hydrogen (secondary N) is 2. The normalized spacial score (nSPS) is 11.6. The molecule has 0 bridgehead atoms. The lowest BCUT2D eigenvalue weighted by molar-refractivity contribution is -0.122.